The quantitative estimate of drug-likeness (QED) is 0.177. The summed E-state index contributed by atoms with van der Waals surface area (Å²) in [6.07, 6.45) is 6.25. The van der Waals surface area contributed by atoms with Crippen LogP contribution in [0.3, 0.4) is 0 Å². The Kier molecular flexibility index (Phi) is 9.38. The number of hydrogen-bond donors (Lipinski definition) is 1. The Morgan fingerprint density at radius 2 is 1.57 bits per heavy atom. The lowest BCUT2D eigenvalue weighted by Gasteiger charge is -2.20. The maximum absolute atomic E-state index is 6.60. The molecule has 0 spiro atoms. The minimum Gasteiger partial charge on any atom is -0.490 e. The highest BCUT2D eigenvalue weighted by Crippen LogP contribution is 2.36. The van der Waals surface area contributed by atoms with Crippen LogP contribution in [0.4, 0.5) is 17.8 Å². The smallest absolute Gasteiger partial charge is 0.250 e. The molecule has 2 aromatic carbocycles. The Hall–Kier alpha value is -3.79. The fourth-order valence-electron chi connectivity index (χ4n) is 4.76. The molecule has 0 radical (unpaired) electrons. The molecule has 0 unspecified atom stereocenters. The van der Waals surface area contributed by atoms with Crippen molar-refractivity contribution in [2.24, 2.45) is 5.10 Å². The maximum atomic E-state index is 6.60. The predicted molar refractivity (Wildman–Crippen MR) is 159 cm³/mol. The molecule has 10 nitrogen and oxygen atoms in total. The number of benzene rings is 2. The van der Waals surface area contributed by atoms with Crippen molar-refractivity contribution in [1.82, 2.24) is 15.0 Å². The van der Waals surface area contributed by atoms with Gasteiger partial charge in [0.2, 0.25) is 17.8 Å². The molecule has 2 aliphatic rings. The minimum atomic E-state index is 0.320. The van der Waals surface area contributed by atoms with Gasteiger partial charge in [0.05, 0.1) is 17.8 Å². The van der Waals surface area contributed by atoms with Crippen molar-refractivity contribution in [3.8, 4) is 17.2 Å². The summed E-state index contributed by atoms with van der Waals surface area (Å²) in [5.74, 6) is 3.63. The Bertz CT molecular complexity index is 1280. The van der Waals surface area contributed by atoms with Crippen molar-refractivity contribution >= 4 is 35.7 Å². The lowest BCUT2D eigenvalue weighted by Crippen LogP contribution is -2.25. The van der Waals surface area contributed by atoms with Gasteiger partial charge in [-0.25, -0.2) is 5.43 Å². The topological polar surface area (TPSA) is 97.2 Å². The van der Waals surface area contributed by atoms with Gasteiger partial charge in [-0.15, -0.1) is 0 Å². The summed E-state index contributed by atoms with van der Waals surface area (Å²) >= 11 is 6.60. The molecule has 2 aliphatic heterocycles. The fraction of sp³-hybridized carbons (Fsp3) is 0.448. The van der Waals surface area contributed by atoms with Crippen LogP contribution >= 0.6 is 11.6 Å². The second-order valence-electron chi connectivity index (χ2n) is 9.79. The van der Waals surface area contributed by atoms with Crippen LogP contribution < -0.4 is 29.4 Å². The highest BCUT2D eigenvalue weighted by atomic mass is 35.5. The molecule has 5 rings (SSSR count). The second-order valence-corrected chi connectivity index (χ2v) is 10.2. The summed E-state index contributed by atoms with van der Waals surface area (Å²) in [6.45, 7) is 8.93. The zero-order chi connectivity index (χ0) is 27.7. The molecule has 40 heavy (non-hydrogen) atoms. The molecule has 11 heteroatoms. The van der Waals surface area contributed by atoms with Crippen LogP contribution in [0.1, 0.15) is 43.7 Å². The lowest BCUT2D eigenvalue weighted by molar-refractivity contribution is 0.208. The van der Waals surface area contributed by atoms with Gasteiger partial charge >= 0.3 is 0 Å². The second kappa shape index (κ2) is 13.5. The number of aryl methyl sites for hydroxylation is 1. The van der Waals surface area contributed by atoms with Crippen molar-refractivity contribution in [3.63, 3.8) is 0 Å². The highest BCUT2D eigenvalue weighted by molar-refractivity contribution is 6.32. The van der Waals surface area contributed by atoms with Gasteiger partial charge < -0.3 is 24.0 Å². The van der Waals surface area contributed by atoms with Crippen molar-refractivity contribution in [2.75, 3.05) is 61.2 Å². The predicted octanol–water partition coefficient (Wildman–Crippen LogP) is 5.34. The summed E-state index contributed by atoms with van der Waals surface area (Å²) in [7, 11) is 0. The van der Waals surface area contributed by atoms with E-state index in [-0.39, 0.29) is 0 Å². The van der Waals surface area contributed by atoms with Gasteiger partial charge in [0.1, 0.15) is 19.0 Å². The van der Waals surface area contributed by atoms with Crippen molar-refractivity contribution in [1.29, 1.82) is 0 Å². The van der Waals surface area contributed by atoms with E-state index in [9.17, 15) is 0 Å². The third-order valence-corrected chi connectivity index (χ3v) is 6.97. The van der Waals surface area contributed by atoms with Gasteiger partial charge in [-0.1, -0.05) is 23.7 Å². The molecule has 0 amide bonds. The number of halogens is 1. The van der Waals surface area contributed by atoms with Gasteiger partial charge in [-0.2, -0.15) is 20.1 Å². The molecule has 1 N–H and O–H groups in total. The highest BCUT2D eigenvalue weighted by Gasteiger charge is 2.21. The molecule has 212 valence electrons. The fourth-order valence-corrected chi connectivity index (χ4v) is 5.03. The number of nitrogens with zero attached hydrogens (tertiary/aromatic N) is 6. The standard InChI is InChI=1S/C29H36ClN7O3/c1-3-38-25-19-22(18-24(30)26(25)40-16-15-39-23-10-8-9-21(2)17-23)20-31-35-27-32-28(36-11-4-5-12-36)34-29(33-27)37-13-6-7-14-37/h8-10,17-20H,3-7,11-16H2,1-2H3,(H,32,33,34,35). The lowest BCUT2D eigenvalue weighted by atomic mass is 10.2. The molecule has 0 saturated carbocycles. The van der Waals surface area contributed by atoms with E-state index in [4.69, 9.17) is 30.8 Å². The van der Waals surface area contributed by atoms with Crippen molar-refractivity contribution in [2.45, 2.75) is 39.5 Å². The van der Waals surface area contributed by atoms with Gasteiger partial charge in [0.15, 0.2) is 11.5 Å². The van der Waals surface area contributed by atoms with Gasteiger partial charge in [-0.05, 0) is 74.9 Å². The molecule has 1 aromatic heterocycles. The number of hydrogen-bond acceptors (Lipinski definition) is 10. The summed E-state index contributed by atoms with van der Waals surface area (Å²) in [5.41, 5.74) is 4.88. The van der Waals surface area contributed by atoms with E-state index < -0.39 is 0 Å². The monoisotopic (exact) mass is 565 g/mol. The van der Waals surface area contributed by atoms with Crippen molar-refractivity contribution in [3.05, 3.63) is 52.5 Å². The van der Waals surface area contributed by atoms with E-state index in [2.05, 4.69) is 30.3 Å². The molecule has 3 heterocycles. The Balaban J connectivity index is 1.25. The first-order valence-electron chi connectivity index (χ1n) is 13.9. The van der Waals surface area contributed by atoms with E-state index in [1.807, 2.05) is 44.2 Å². The first kappa shape index (κ1) is 27.8. The van der Waals surface area contributed by atoms with Crippen LogP contribution in [0.5, 0.6) is 17.2 Å². The van der Waals surface area contributed by atoms with Gasteiger partial charge in [0.25, 0.3) is 0 Å². The third-order valence-electron chi connectivity index (χ3n) is 6.69. The molecule has 2 saturated heterocycles. The maximum Gasteiger partial charge on any atom is 0.250 e. The molecule has 0 bridgehead atoms. The van der Waals surface area contributed by atoms with Crippen LogP contribution in [0, 0.1) is 6.92 Å². The van der Waals surface area contributed by atoms with Crippen molar-refractivity contribution < 1.29 is 14.2 Å². The van der Waals surface area contributed by atoms with E-state index in [0.29, 0.717) is 54.2 Å². The van der Waals surface area contributed by atoms with Crippen LogP contribution in [0.15, 0.2) is 41.5 Å². The average molecular weight is 566 g/mol. The number of hydrazone groups is 1. The first-order valence-corrected chi connectivity index (χ1v) is 14.3. The first-order chi connectivity index (χ1) is 19.6. The SMILES string of the molecule is CCOc1cc(C=NNc2nc(N3CCCC3)nc(N3CCCC3)n2)cc(Cl)c1OCCOc1cccc(C)c1. The normalized spacial score (nSPS) is 15.2. The van der Waals surface area contributed by atoms with E-state index in [0.717, 1.165) is 68.7 Å². The molecule has 2 fully saturated rings. The van der Waals surface area contributed by atoms with Gasteiger partial charge in [0, 0.05) is 26.2 Å². The number of ether oxygens (including phenoxy) is 3. The minimum absolute atomic E-state index is 0.320. The largest absolute Gasteiger partial charge is 0.490 e. The average Bonchev–Trinajstić information content (AvgIpc) is 3.68. The number of anilines is 3. The van der Waals surface area contributed by atoms with E-state index in [1.165, 1.54) is 0 Å². The summed E-state index contributed by atoms with van der Waals surface area (Å²) < 4.78 is 17.6. The zero-order valence-electron chi connectivity index (χ0n) is 23.1. The Labute approximate surface area is 240 Å². The molecule has 3 aromatic rings. The molecule has 0 atom stereocenters. The summed E-state index contributed by atoms with van der Waals surface area (Å²) in [6, 6.07) is 11.5. The summed E-state index contributed by atoms with van der Waals surface area (Å²) in [5, 5.41) is 4.82. The van der Waals surface area contributed by atoms with Crippen LogP contribution in [0.25, 0.3) is 0 Å². The third kappa shape index (κ3) is 7.24. The number of rotatable bonds is 12. The Morgan fingerprint density at radius 3 is 2.23 bits per heavy atom. The van der Waals surface area contributed by atoms with Crippen LogP contribution in [-0.2, 0) is 0 Å². The number of aromatic nitrogens is 3. The zero-order valence-corrected chi connectivity index (χ0v) is 23.9. The van der Waals surface area contributed by atoms with Crippen LogP contribution in [-0.4, -0.2) is 67.2 Å². The van der Waals surface area contributed by atoms with Gasteiger partial charge in [-0.3, -0.25) is 0 Å². The van der Waals surface area contributed by atoms with Crippen LogP contribution in [0.2, 0.25) is 5.02 Å². The van der Waals surface area contributed by atoms with E-state index >= 15 is 0 Å². The molecular formula is C29H36ClN7O3. The summed E-state index contributed by atoms with van der Waals surface area (Å²) in [4.78, 5) is 18.4. The Morgan fingerprint density at radius 1 is 0.900 bits per heavy atom. The molecule has 0 aliphatic carbocycles. The van der Waals surface area contributed by atoms with E-state index in [1.54, 1.807) is 12.3 Å². The molecular weight excluding hydrogens is 530 g/mol. The number of nitrogens with one attached hydrogen (secondary N) is 1.